The Balaban J connectivity index is 2.10. The normalized spacial score (nSPS) is 20.2. The van der Waals surface area contributed by atoms with E-state index < -0.39 is 0 Å². The van der Waals surface area contributed by atoms with Gasteiger partial charge in [0.25, 0.3) is 0 Å². The number of nitrogens with zero attached hydrogens (tertiary/aromatic N) is 2. The Morgan fingerprint density at radius 3 is 2.94 bits per heavy atom. The van der Waals surface area contributed by atoms with Crippen LogP contribution in [0.3, 0.4) is 0 Å². The molecule has 1 saturated heterocycles. The number of anilines is 2. The van der Waals surface area contributed by atoms with Crippen LogP contribution >= 0.6 is 0 Å². The van der Waals surface area contributed by atoms with Gasteiger partial charge in [-0.25, -0.2) is 4.98 Å². The molecule has 0 saturated carbocycles. The quantitative estimate of drug-likeness (QED) is 0.766. The summed E-state index contributed by atoms with van der Waals surface area (Å²) in [5, 5.41) is 3.13. The number of nitrogen functional groups attached to an aromatic ring is 1. The second-order valence-corrected chi connectivity index (χ2v) is 4.17. The maximum Gasteiger partial charge on any atom is 0.244 e. The monoisotopic (exact) mass is 220 g/mol. The van der Waals surface area contributed by atoms with Crippen molar-refractivity contribution in [2.24, 2.45) is 0 Å². The molecule has 1 aliphatic heterocycles. The molecular weight excluding hydrogens is 204 g/mol. The van der Waals surface area contributed by atoms with Crippen LogP contribution in [0.4, 0.5) is 11.5 Å². The highest BCUT2D eigenvalue weighted by atomic mass is 16.2. The molecule has 5 nitrogen and oxygen atoms in total. The van der Waals surface area contributed by atoms with Crippen molar-refractivity contribution in [2.75, 3.05) is 24.6 Å². The van der Waals surface area contributed by atoms with Gasteiger partial charge in [-0.05, 0) is 25.0 Å². The maximum atomic E-state index is 11.7. The van der Waals surface area contributed by atoms with Crippen molar-refractivity contribution in [3.05, 3.63) is 17.8 Å². The van der Waals surface area contributed by atoms with Crippen LogP contribution in [0.25, 0.3) is 0 Å². The first-order chi connectivity index (χ1) is 7.58. The van der Waals surface area contributed by atoms with Gasteiger partial charge in [0.1, 0.15) is 11.9 Å². The predicted octanol–water partition coefficient (Wildman–Crippen LogP) is 0.615. The van der Waals surface area contributed by atoms with Crippen LogP contribution < -0.4 is 11.1 Å². The molecule has 2 rings (SSSR count). The molecule has 0 spiro atoms. The van der Waals surface area contributed by atoms with Crippen molar-refractivity contribution in [2.45, 2.75) is 19.4 Å². The standard InChI is InChI=1S/C11H16N4O/c1-7-5-10(13-6-8(7)12)14-9-3-4-15(2)11(9)16/h5-6,9H,3-4,12H2,1-2H3,(H,13,14). The highest BCUT2D eigenvalue weighted by Crippen LogP contribution is 2.17. The molecule has 16 heavy (non-hydrogen) atoms. The number of pyridine rings is 1. The third kappa shape index (κ3) is 1.93. The fraction of sp³-hybridized carbons (Fsp3) is 0.455. The molecule has 1 aromatic heterocycles. The molecule has 2 heterocycles. The minimum atomic E-state index is -0.152. The number of aromatic nitrogens is 1. The number of carbonyl (C=O) groups is 1. The molecule has 5 heteroatoms. The Morgan fingerprint density at radius 1 is 1.62 bits per heavy atom. The van der Waals surface area contributed by atoms with Gasteiger partial charge in [-0.1, -0.05) is 0 Å². The van der Waals surface area contributed by atoms with Gasteiger partial charge in [0.2, 0.25) is 5.91 Å². The molecule has 1 aromatic rings. The van der Waals surface area contributed by atoms with E-state index in [-0.39, 0.29) is 11.9 Å². The van der Waals surface area contributed by atoms with Crippen molar-refractivity contribution in [3.8, 4) is 0 Å². The number of aryl methyl sites for hydroxylation is 1. The van der Waals surface area contributed by atoms with Crippen LogP contribution in [-0.2, 0) is 4.79 Å². The summed E-state index contributed by atoms with van der Waals surface area (Å²) >= 11 is 0. The average Bonchev–Trinajstić information content (AvgIpc) is 2.55. The summed E-state index contributed by atoms with van der Waals surface area (Å²) in [4.78, 5) is 17.6. The smallest absolute Gasteiger partial charge is 0.244 e. The van der Waals surface area contributed by atoms with Crippen LogP contribution in [0.2, 0.25) is 0 Å². The van der Waals surface area contributed by atoms with Crippen molar-refractivity contribution in [1.29, 1.82) is 0 Å². The summed E-state index contributed by atoms with van der Waals surface area (Å²) in [6, 6.07) is 1.71. The Kier molecular flexibility index (Phi) is 2.68. The third-order valence-electron chi connectivity index (χ3n) is 2.90. The van der Waals surface area contributed by atoms with Gasteiger partial charge >= 0.3 is 0 Å². The summed E-state index contributed by atoms with van der Waals surface area (Å²) in [7, 11) is 1.81. The molecule has 0 bridgehead atoms. The topological polar surface area (TPSA) is 71.2 Å². The van der Waals surface area contributed by atoms with E-state index in [1.807, 2.05) is 20.0 Å². The Labute approximate surface area is 94.6 Å². The average molecular weight is 220 g/mol. The largest absolute Gasteiger partial charge is 0.397 e. The molecule has 0 radical (unpaired) electrons. The molecule has 0 aromatic carbocycles. The van der Waals surface area contributed by atoms with E-state index in [1.54, 1.807) is 11.1 Å². The number of likely N-dealkylation sites (tertiary alicyclic amines) is 1. The van der Waals surface area contributed by atoms with E-state index in [4.69, 9.17) is 5.73 Å². The lowest BCUT2D eigenvalue weighted by atomic mass is 10.2. The van der Waals surface area contributed by atoms with Gasteiger partial charge in [0.05, 0.1) is 11.9 Å². The van der Waals surface area contributed by atoms with Gasteiger partial charge in [-0.2, -0.15) is 0 Å². The zero-order chi connectivity index (χ0) is 11.7. The first-order valence-corrected chi connectivity index (χ1v) is 5.31. The number of carbonyl (C=O) groups excluding carboxylic acids is 1. The van der Waals surface area contributed by atoms with Gasteiger partial charge in [-0.3, -0.25) is 4.79 Å². The molecule has 1 unspecified atom stereocenters. The van der Waals surface area contributed by atoms with Crippen molar-refractivity contribution >= 4 is 17.4 Å². The summed E-state index contributed by atoms with van der Waals surface area (Å²) in [6.07, 6.45) is 2.43. The molecule has 3 N–H and O–H groups in total. The van der Waals surface area contributed by atoms with Crippen molar-refractivity contribution < 1.29 is 4.79 Å². The van der Waals surface area contributed by atoms with Crippen LogP contribution in [-0.4, -0.2) is 35.4 Å². The van der Waals surface area contributed by atoms with Crippen molar-refractivity contribution in [3.63, 3.8) is 0 Å². The SMILES string of the molecule is Cc1cc(NC2CCN(C)C2=O)ncc1N. The predicted molar refractivity (Wildman–Crippen MR) is 63.1 cm³/mol. The summed E-state index contributed by atoms with van der Waals surface area (Å²) in [5.74, 6) is 0.830. The first-order valence-electron chi connectivity index (χ1n) is 5.31. The van der Waals surface area contributed by atoms with E-state index in [1.165, 1.54) is 0 Å². The van der Waals surface area contributed by atoms with Crippen LogP contribution in [0.15, 0.2) is 12.3 Å². The zero-order valence-electron chi connectivity index (χ0n) is 9.53. The number of nitrogens with two attached hydrogens (primary N) is 1. The number of nitrogens with one attached hydrogen (secondary N) is 1. The zero-order valence-corrected chi connectivity index (χ0v) is 9.53. The van der Waals surface area contributed by atoms with E-state index in [9.17, 15) is 4.79 Å². The summed E-state index contributed by atoms with van der Waals surface area (Å²) < 4.78 is 0. The number of hydrogen-bond acceptors (Lipinski definition) is 4. The fourth-order valence-corrected chi connectivity index (χ4v) is 1.78. The van der Waals surface area contributed by atoms with E-state index in [0.717, 1.165) is 18.5 Å². The third-order valence-corrected chi connectivity index (χ3v) is 2.90. The van der Waals surface area contributed by atoms with Crippen LogP contribution in [0.1, 0.15) is 12.0 Å². The lowest BCUT2D eigenvalue weighted by Gasteiger charge is -2.13. The number of hydrogen-bond donors (Lipinski definition) is 2. The highest BCUT2D eigenvalue weighted by Gasteiger charge is 2.28. The van der Waals surface area contributed by atoms with Crippen molar-refractivity contribution in [1.82, 2.24) is 9.88 Å². The number of rotatable bonds is 2. The van der Waals surface area contributed by atoms with Gasteiger partial charge in [-0.15, -0.1) is 0 Å². The first kappa shape index (κ1) is 10.7. The van der Waals surface area contributed by atoms with Gasteiger partial charge in [0.15, 0.2) is 0 Å². The second kappa shape index (κ2) is 4.00. The minimum Gasteiger partial charge on any atom is -0.397 e. The van der Waals surface area contributed by atoms with E-state index in [0.29, 0.717) is 11.5 Å². The van der Waals surface area contributed by atoms with E-state index in [2.05, 4.69) is 10.3 Å². The number of amides is 1. The molecule has 1 amide bonds. The van der Waals surface area contributed by atoms with Crippen LogP contribution in [0, 0.1) is 6.92 Å². The van der Waals surface area contributed by atoms with Gasteiger partial charge in [0, 0.05) is 13.6 Å². The lowest BCUT2D eigenvalue weighted by Crippen LogP contribution is -2.31. The molecule has 0 aliphatic carbocycles. The molecule has 1 aliphatic rings. The molecule has 1 fully saturated rings. The minimum absolute atomic E-state index is 0.122. The second-order valence-electron chi connectivity index (χ2n) is 4.17. The Morgan fingerprint density at radius 2 is 2.38 bits per heavy atom. The molecule has 1 atom stereocenters. The Hall–Kier alpha value is -1.78. The van der Waals surface area contributed by atoms with Gasteiger partial charge < -0.3 is 16.0 Å². The number of likely N-dealkylation sites (N-methyl/N-ethyl adjacent to an activating group) is 1. The lowest BCUT2D eigenvalue weighted by molar-refractivity contribution is -0.127. The maximum absolute atomic E-state index is 11.7. The molecule has 86 valence electrons. The summed E-state index contributed by atoms with van der Waals surface area (Å²) in [6.45, 7) is 2.72. The summed E-state index contributed by atoms with van der Waals surface area (Å²) in [5.41, 5.74) is 7.32. The Bertz CT molecular complexity index is 418. The van der Waals surface area contributed by atoms with Crippen LogP contribution in [0.5, 0.6) is 0 Å². The molecular formula is C11H16N4O. The highest BCUT2D eigenvalue weighted by molar-refractivity contribution is 5.86. The fourth-order valence-electron chi connectivity index (χ4n) is 1.78. The van der Waals surface area contributed by atoms with E-state index >= 15 is 0 Å².